The summed E-state index contributed by atoms with van der Waals surface area (Å²) >= 11 is 0. The van der Waals surface area contributed by atoms with Gasteiger partial charge in [-0.25, -0.2) is 0 Å². The maximum absolute atomic E-state index is 2.56. The van der Waals surface area contributed by atoms with Gasteiger partial charge >= 0.3 is 0 Å². The predicted molar refractivity (Wildman–Crippen MR) is 188 cm³/mol. The molecule has 0 atom stereocenters. The van der Waals surface area contributed by atoms with Crippen molar-refractivity contribution in [2.24, 2.45) is 5.41 Å². The van der Waals surface area contributed by atoms with Crippen LogP contribution in [0.15, 0.2) is 24.3 Å². The highest BCUT2D eigenvalue weighted by Gasteiger charge is 2.39. The molecule has 0 unspecified atom stereocenters. The molecule has 0 aromatic heterocycles. The smallest absolute Gasteiger partial charge is 0.00474 e. The molecule has 242 valence electrons. The van der Waals surface area contributed by atoms with E-state index in [4.69, 9.17) is 0 Å². The second-order valence-corrected chi connectivity index (χ2v) is 14.0. The third kappa shape index (κ3) is 24.6. The van der Waals surface area contributed by atoms with E-state index in [1.54, 1.807) is 0 Å². The lowest BCUT2D eigenvalue weighted by molar-refractivity contribution is 0.00256. The molecular weight excluding hydrogens is 494 g/mol. The summed E-state index contributed by atoms with van der Waals surface area (Å²) in [5.74, 6) is 0. The number of rotatable bonds is 32. The molecule has 0 aromatic rings. The molecule has 0 radical (unpaired) electrons. The van der Waals surface area contributed by atoms with Crippen LogP contribution in [0, 0.1) is 5.41 Å². The summed E-state index contributed by atoms with van der Waals surface area (Å²) in [6.45, 7) is 7.33. The highest BCUT2D eigenvalue weighted by molar-refractivity contribution is 4.93. The van der Waals surface area contributed by atoms with E-state index in [1.807, 2.05) is 0 Å². The van der Waals surface area contributed by atoms with Gasteiger partial charge in [-0.2, -0.15) is 0 Å². The molecule has 0 spiro atoms. The summed E-state index contributed by atoms with van der Waals surface area (Å²) < 4.78 is 0. The van der Waals surface area contributed by atoms with Crippen molar-refractivity contribution in [1.82, 2.24) is 4.90 Å². The van der Waals surface area contributed by atoms with Gasteiger partial charge in [0.15, 0.2) is 0 Å². The Hall–Kier alpha value is -0.560. The molecule has 1 aliphatic rings. The Labute approximate surface area is 260 Å². The lowest BCUT2D eigenvalue weighted by atomic mass is 9.72. The summed E-state index contributed by atoms with van der Waals surface area (Å²) in [7, 11) is 2.32. The molecule has 0 aliphatic carbocycles. The molecule has 0 aromatic carbocycles. The van der Waals surface area contributed by atoms with Crippen molar-refractivity contribution in [1.29, 1.82) is 0 Å². The SMILES string of the molecule is CCCCCCCCC=CCCCCCCCCC1(CCCCCCCCC=CCCCCCCCC)CN(C)C1. The number of unbranched alkanes of at least 4 members (excludes halogenated alkanes) is 24. The van der Waals surface area contributed by atoms with Crippen LogP contribution in [0.1, 0.15) is 206 Å². The van der Waals surface area contributed by atoms with E-state index < -0.39 is 0 Å². The lowest BCUT2D eigenvalue weighted by Gasteiger charge is -2.49. The van der Waals surface area contributed by atoms with Crippen molar-refractivity contribution in [3.05, 3.63) is 24.3 Å². The average Bonchev–Trinajstić information content (AvgIpc) is 2.95. The summed E-state index contributed by atoms with van der Waals surface area (Å²) in [5, 5.41) is 0. The van der Waals surface area contributed by atoms with Crippen LogP contribution in [0.2, 0.25) is 0 Å². The van der Waals surface area contributed by atoms with E-state index in [0.29, 0.717) is 5.41 Å². The Morgan fingerprint density at radius 1 is 0.390 bits per heavy atom. The third-order valence-corrected chi connectivity index (χ3v) is 9.65. The quantitative estimate of drug-likeness (QED) is 0.0573. The standard InChI is InChI=1S/C40H77N/c1-4-6-8-10-12-14-16-18-20-22-24-26-28-30-32-34-36-40(38-41(3)39-40)37-35-33-31-29-27-25-23-21-19-17-15-13-11-9-7-5-2/h18-21H,4-17,22-39H2,1-3H3. The molecular formula is C40H77N. The van der Waals surface area contributed by atoms with Gasteiger partial charge in [-0.3, -0.25) is 0 Å². The van der Waals surface area contributed by atoms with Gasteiger partial charge in [0, 0.05) is 13.1 Å². The van der Waals surface area contributed by atoms with E-state index in [0.717, 1.165) is 0 Å². The minimum atomic E-state index is 0.677. The van der Waals surface area contributed by atoms with Gasteiger partial charge in [-0.05, 0) is 76.7 Å². The maximum Gasteiger partial charge on any atom is 0.00474 e. The fourth-order valence-corrected chi connectivity index (χ4v) is 7.04. The highest BCUT2D eigenvalue weighted by atomic mass is 15.2. The molecule has 1 heteroatoms. The van der Waals surface area contributed by atoms with Crippen molar-refractivity contribution in [3.63, 3.8) is 0 Å². The van der Waals surface area contributed by atoms with Crippen molar-refractivity contribution >= 4 is 0 Å². The van der Waals surface area contributed by atoms with Crippen LogP contribution >= 0.6 is 0 Å². The Kier molecular flexibility index (Phi) is 27.7. The van der Waals surface area contributed by atoms with Gasteiger partial charge in [-0.15, -0.1) is 0 Å². The van der Waals surface area contributed by atoms with Gasteiger partial charge < -0.3 is 4.90 Å². The van der Waals surface area contributed by atoms with Gasteiger partial charge in [0.1, 0.15) is 0 Å². The van der Waals surface area contributed by atoms with Gasteiger partial charge in [-0.1, -0.05) is 167 Å². The lowest BCUT2D eigenvalue weighted by Crippen LogP contribution is -2.54. The van der Waals surface area contributed by atoms with E-state index in [2.05, 4.69) is 50.1 Å². The number of hydrogen-bond acceptors (Lipinski definition) is 1. The Balaban J connectivity index is 1.89. The predicted octanol–water partition coefficient (Wildman–Crippen LogP) is 13.8. The van der Waals surface area contributed by atoms with Gasteiger partial charge in [0.25, 0.3) is 0 Å². The van der Waals surface area contributed by atoms with Gasteiger partial charge in [0.05, 0.1) is 0 Å². The fourth-order valence-electron chi connectivity index (χ4n) is 7.04. The number of nitrogens with zero attached hydrogens (tertiary/aromatic N) is 1. The highest BCUT2D eigenvalue weighted by Crippen LogP contribution is 2.40. The Morgan fingerprint density at radius 2 is 0.659 bits per heavy atom. The summed E-state index contributed by atoms with van der Waals surface area (Å²) in [6, 6.07) is 0. The molecule has 1 aliphatic heterocycles. The molecule has 0 saturated carbocycles. The molecule has 1 fully saturated rings. The molecule has 1 heterocycles. The minimum absolute atomic E-state index is 0.677. The zero-order valence-electron chi connectivity index (χ0n) is 28.9. The Bertz CT molecular complexity index is 525. The summed E-state index contributed by atoms with van der Waals surface area (Å²) in [4.78, 5) is 2.56. The minimum Gasteiger partial charge on any atom is -0.305 e. The molecule has 1 saturated heterocycles. The third-order valence-electron chi connectivity index (χ3n) is 9.65. The van der Waals surface area contributed by atoms with Gasteiger partial charge in [0.2, 0.25) is 0 Å². The van der Waals surface area contributed by atoms with E-state index in [1.165, 1.54) is 206 Å². The molecule has 0 amide bonds. The van der Waals surface area contributed by atoms with Crippen LogP contribution in [0.3, 0.4) is 0 Å². The van der Waals surface area contributed by atoms with Crippen molar-refractivity contribution in [2.45, 2.75) is 206 Å². The number of allylic oxidation sites excluding steroid dienone is 4. The number of hydrogen-bond donors (Lipinski definition) is 0. The van der Waals surface area contributed by atoms with Crippen LogP contribution in [-0.4, -0.2) is 25.0 Å². The van der Waals surface area contributed by atoms with Crippen LogP contribution in [0.25, 0.3) is 0 Å². The van der Waals surface area contributed by atoms with Crippen LogP contribution < -0.4 is 0 Å². The first-order valence-corrected chi connectivity index (χ1v) is 19.2. The molecule has 41 heavy (non-hydrogen) atoms. The zero-order chi connectivity index (χ0) is 29.5. The van der Waals surface area contributed by atoms with Crippen LogP contribution in [0.4, 0.5) is 0 Å². The first-order chi connectivity index (χ1) is 20.2. The Morgan fingerprint density at radius 3 is 0.951 bits per heavy atom. The van der Waals surface area contributed by atoms with E-state index in [9.17, 15) is 0 Å². The van der Waals surface area contributed by atoms with Crippen LogP contribution in [-0.2, 0) is 0 Å². The first-order valence-electron chi connectivity index (χ1n) is 19.2. The summed E-state index contributed by atoms with van der Waals surface area (Å²) in [6.07, 6.45) is 52.4. The van der Waals surface area contributed by atoms with E-state index in [-0.39, 0.29) is 0 Å². The van der Waals surface area contributed by atoms with Crippen molar-refractivity contribution < 1.29 is 0 Å². The largest absolute Gasteiger partial charge is 0.305 e. The second kappa shape index (κ2) is 29.5. The molecule has 0 N–H and O–H groups in total. The second-order valence-electron chi connectivity index (χ2n) is 14.0. The molecule has 1 nitrogen and oxygen atoms in total. The van der Waals surface area contributed by atoms with Crippen LogP contribution in [0.5, 0.6) is 0 Å². The number of likely N-dealkylation sites (tertiary alicyclic amines) is 1. The maximum atomic E-state index is 2.56. The average molecular weight is 572 g/mol. The molecule has 1 rings (SSSR count). The summed E-state index contributed by atoms with van der Waals surface area (Å²) in [5.41, 5.74) is 0.677. The first kappa shape index (κ1) is 38.5. The normalized spacial score (nSPS) is 15.4. The fraction of sp³-hybridized carbons (Fsp3) is 0.900. The van der Waals surface area contributed by atoms with E-state index >= 15 is 0 Å². The molecule has 0 bridgehead atoms. The zero-order valence-corrected chi connectivity index (χ0v) is 28.9. The van der Waals surface area contributed by atoms with Crippen molar-refractivity contribution in [2.75, 3.05) is 20.1 Å². The monoisotopic (exact) mass is 572 g/mol. The van der Waals surface area contributed by atoms with Crippen molar-refractivity contribution in [3.8, 4) is 0 Å². The topological polar surface area (TPSA) is 3.24 Å².